The highest BCUT2D eigenvalue weighted by Crippen LogP contribution is 2.35. The summed E-state index contributed by atoms with van der Waals surface area (Å²) in [6.45, 7) is 5.02. The van der Waals surface area contributed by atoms with Crippen molar-refractivity contribution in [3.63, 3.8) is 0 Å². The highest BCUT2D eigenvalue weighted by molar-refractivity contribution is 7.89. The Bertz CT molecular complexity index is 1690. The molecular weight excluding hydrogens is 574 g/mol. The third-order valence-corrected chi connectivity index (χ3v) is 10.5. The van der Waals surface area contributed by atoms with E-state index in [-0.39, 0.29) is 17.9 Å². The Morgan fingerprint density at radius 1 is 0.905 bits per heavy atom. The maximum atomic E-state index is 14.4. The highest BCUT2D eigenvalue weighted by atomic mass is 32.2. The zero-order valence-corrected chi connectivity index (χ0v) is 25.7. The minimum absolute atomic E-state index is 0.00772. The fraction of sp³-hybridized carbons (Fsp3) is 0.250. The van der Waals surface area contributed by atoms with Crippen molar-refractivity contribution in [1.82, 2.24) is 4.31 Å². The van der Waals surface area contributed by atoms with Gasteiger partial charge in [0.05, 0.1) is 19.1 Å². The predicted octanol–water partition coefficient (Wildman–Crippen LogP) is 6.02. The fourth-order valence-electron chi connectivity index (χ4n) is 4.92. The van der Waals surface area contributed by atoms with Gasteiger partial charge in [0.1, 0.15) is 16.7 Å². The number of esters is 1. The summed E-state index contributed by atoms with van der Waals surface area (Å²) in [6, 6.07) is 20.0. The Labute approximate surface area is 250 Å². The van der Waals surface area contributed by atoms with Crippen LogP contribution in [0.15, 0.2) is 77.7 Å². The molecule has 1 aromatic heterocycles. The molecule has 1 N–H and O–H groups in total. The lowest BCUT2D eigenvalue weighted by Gasteiger charge is -2.30. The number of ether oxygens (including phenoxy) is 2. The number of hydrogen-bond acceptors (Lipinski definition) is 7. The average Bonchev–Trinajstić information content (AvgIpc) is 3.47. The monoisotopic (exact) mass is 607 g/mol. The Morgan fingerprint density at radius 2 is 1.57 bits per heavy atom. The molecule has 1 atom stereocenters. The fourth-order valence-corrected chi connectivity index (χ4v) is 7.91. The van der Waals surface area contributed by atoms with Gasteiger partial charge >= 0.3 is 11.9 Å². The number of nitrogens with zero attached hydrogens (tertiary/aromatic N) is 1. The van der Waals surface area contributed by atoms with Gasteiger partial charge in [-0.3, -0.25) is 4.79 Å². The molecule has 8 nitrogen and oxygen atoms in total. The molecule has 1 heterocycles. The van der Waals surface area contributed by atoms with Crippen LogP contribution in [0.5, 0.6) is 5.75 Å². The zero-order chi connectivity index (χ0) is 30.6. The van der Waals surface area contributed by atoms with Crippen molar-refractivity contribution in [2.24, 2.45) is 0 Å². The van der Waals surface area contributed by atoms with E-state index >= 15 is 0 Å². The third-order valence-electron chi connectivity index (χ3n) is 7.24. The number of methoxy groups -OCH3 is 2. The molecule has 0 spiro atoms. The molecule has 0 amide bonds. The van der Waals surface area contributed by atoms with Gasteiger partial charge in [0.2, 0.25) is 10.0 Å². The maximum Gasteiger partial charge on any atom is 0.348 e. The number of carboxylic acids is 1. The van der Waals surface area contributed by atoms with Gasteiger partial charge < -0.3 is 14.6 Å². The molecule has 42 heavy (non-hydrogen) atoms. The quantitative estimate of drug-likeness (QED) is 0.208. The van der Waals surface area contributed by atoms with E-state index in [1.807, 2.05) is 24.3 Å². The maximum absolute atomic E-state index is 14.4. The minimum atomic E-state index is -4.30. The number of benzene rings is 3. The first kappa shape index (κ1) is 31.0. The van der Waals surface area contributed by atoms with Crippen LogP contribution in [-0.4, -0.2) is 50.0 Å². The number of carbonyl (C=O) groups is 2. The highest BCUT2D eigenvalue weighted by Gasteiger charge is 2.38. The largest absolute Gasteiger partial charge is 0.496 e. The Morgan fingerprint density at radius 3 is 2.17 bits per heavy atom. The number of sulfonamides is 1. The third kappa shape index (κ3) is 6.41. The topological polar surface area (TPSA) is 110 Å². The SMILES string of the molecule is COC(=O)c1ccc(-c2ccc(CN([C@@H](Cc3ccccc3)C(=O)O)S(=O)(=O)c3c(C)cc(OC)c(C)c3C)cc2)s1. The van der Waals surface area contributed by atoms with Crippen LogP contribution < -0.4 is 4.74 Å². The van der Waals surface area contributed by atoms with E-state index in [0.29, 0.717) is 38.4 Å². The molecule has 0 unspecified atom stereocenters. The van der Waals surface area contributed by atoms with Crippen LogP contribution in [-0.2, 0) is 32.5 Å². The van der Waals surface area contributed by atoms with Crippen LogP contribution >= 0.6 is 11.3 Å². The molecule has 220 valence electrons. The molecule has 10 heteroatoms. The van der Waals surface area contributed by atoms with Gasteiger partial charge in [0.25, 0.3) is 0 Å². The number of carboxylic acid groups (broad SMARTS) is 1. The predicted molar refractivity (Wildman–Crippen MR) is 163 cm³/mol. The van der Waals surface area contributed by atoms with E-state index < -0.39 is 28.0 Å². The van der Waals surface area contributed by atoms with Crippen LogP contribution in [0.4, 0.5) is 0 Å². The number of thiophene rings is 1. The van der Waals surface area contributed by atoms with Crippen molar-refractivity contribution in [3.05, 3.63) is 105 Å². The molecule has 0 saturated carbocycles. The molecule has 4 rings (SSSR count). The number of hydrogen-bond donors (Lipinski definition) is 1. The molecule has 0 radical (unpaired) electrons. The van der Waals surface area contributed by atoms with E-state index in [1.54, 1.807) is 69.3 Å². The number of aliphatic carboxylic acids is 1. The van der Waals surface area contributed by atoms with Crippen LogP contribution in [0.3, 0.4) is 0 Å². The minimum Gasteiger partial charge on any atom is -0.496 e. The van der Waals surface area contributed by atoms with Gasteiger partial charge in [-0.05, 0) is 78.8 Å². The lowest BCUT2D eigenvalue weighted by atomic mass is 10.1. The van der Waals surface area contributed by atoms with Gasteiger partial charge in [-0.15, -0.1) is 11.3 Å². The summed E-state index contributed by atoms with van der Waals surface area (Å²) in [4.78, 5) is 26.0. The first-order chi connectivity index (χ1) is 20.0. The normalized spacial score (nSPS) is 12.2. The Kier molecular flexibility index (Phi) is 9.50. The molecule has 0 bridgehead atoms. The smallest absolute Gasteiger partial charge is 0.348 e. The first-order valence-corrected chi connectivity index (χ1v) is 15.4. The van der Waals surface area contributed by atoms with Crippen molar-refractivity contribution in [1.29, 1.82) is 0 Å². The first-order valence-electron chi connectivity index (χ1n) is 13.2. The summed E-state index contributed by atoms with van der Waals surface area (Å²) >= 11 is 1.29. The second-order valence-electron chi connectivity index (χ2n) is 9.92. The lowest BCUT2D eigenvalue weighted by molar-refractivity contribution is -0.141. The van der Waals surface area contributed by atoms with Gasteiger partial charge in [-0.2, -0.15) is 4.31 Å². The summed E-state index contributed by atoms with van der Waals surface area (Å²) in [5.41, 5.74) is 3.81. The van der Waals surface area contributed by atoms with Crippen molar-refractivity contribution in [2.75, 3.05) is 14.2 Å². The number of aryl methyl sites for hydroxylation is 1. The van der Waals surface area contributed by atoms with E-state index in [2.05, 4.69) is 0 Å². The molecule has 0 aliphatic rings. The van der Waals surface area contributed by atoms with Crippen LogP contribution in [0.2, 0.25) is 0 Å². The van der Waals surface area contributed by atoms with E-state index in [1.165, 1.54) is 25.6 Å². The molecule has 0 aliphatic carbocycles. The van der Waals surface area contributed by atoms with Gasteiger partial charge in [0, 0.05) is 11.4 Å². The van der Waals surface area contributed by atoms with E-state index in [4.69, 9.17) is 9.47 Å². The summed E-state index contributed by atoms with van der Waals surface area (Å²) in [5, 5.41) is 10.4. The van der Waals surface area contributed by atoms with E-state index in [0.717, 1.165) is 14.7 Å². The lowest BCUT2D eigenvalue weighted by Crippen LogP contribution is -2.46. The second kappa shape index (κ2) is 12.9. The van der Waals surface area contributed by atoms with Crippen molar-refractivity contribution in [3.8, 4) is 16.2 Å². The molecule has 3 aromatic carbocycles. The van der Waals surface area contributed by atoms with Gasteiger partial charge in [-0.1, -0.05) is 54.6 Å². The van der Waals surface area contributed by atoms with Crippen LogP contribution in [0.25, 0.3) is 10.4 Å². The summed E-state index contributed by atoms with van der Waals surface area (Å²) in [7, 11) is -1.44. The number of carbonyl (C=O) groups excluding carboxylic acids is 1. The molecule has 0 fully saturated rings. The Hall–Kier alpha value is -3.99. The summed E-state index contributed by atoms with van der Waals surface area (Å²) < 4.78 is 40.2. The van der Waals surface area contributed by atoms with Gasteiger partial charge in [0.15, 0.2) is 0 Å². The summed E-state index contributed by atoms with van der Waals surface area (Å²) in [6.07, 6.45) is -0.00772. The molecule has 0 saturated heterocycles. The zero-order valence-electron chi connectivity index (χ0n) is 24.1. The van der Waals surface area contributed by atoms with Crippen molar-refractivity contribution >= 4 is 33.3 Å². The van der Waals surface area contributed by atoms with Crippen molar-refractivity contribution in [2.45, 2.75) is 44.7 Å². The van der Waals surface area contributed by atoms with Crippen molar-refractivity contribution < 1.29 is 32.6 Å². The Balaban J connectivity index is 1.78. The van der Waals surface area contributed by atoms with Crippen LogP contribution in [0, 0.1) is 20.8 Å². The van der Waals surface area contributed by atoms with E-state index in [9.17, 15) is 23.1 Å². The molecule has 4 aromatic rings. The second-order valence-corrected chi connectivity index (χ2v) is 12.8. The molecular formula is C32H33NO7S2. The standard InChI is InChI=1S/C32H33NO7S2/c1-20-17-27(39-4)21(2)22(3)30(20)42(37,38)33(26(31(34)35)18-23-9-7-6-8-10-23)19-24-11-13-25(14-12-24)28-15-16-29(41-28)32(36)40-5/h6-17,26H,18-19H2,1-5H3,(H,34,35)/t26-/m0/s1. The number of rotatable bonds is 11. The summed E-state index contributed by atoms with van der Waals surface area (Å²) in [5.74, 6) is -1.09. The molecule has 0 aliphatic heterocycles. The van der Waals surface area contributed by atoms with Crippen LogP contribution in [0.1, 0.15) is 37.5 Å². The average molecular weight is 608 g/mol. The van der Waals surface area contributed by atoms with Gasteiger partial charge in [-0.25, -0.2) is 13.2 Å².